The van der Waals surface area contributed by atoms with Crippen LogP contribution < -0.4 is 10.5 Å². The van der Waals surface area contributed by atoms with Gasteiger partial charge in [-0.25, -0.2) is 9.97 Å². The van der Waals surface area contributed by atoms with Crippen molar-refractivity contribution in [3.05, 3.63) is 41.1 Å². The molecule has 1 aromatic carbocycles. The van der Waals surface area contributed by atoms with E-state index >= 15 is 0 Å². The molecule has 1 saturated heterocycles. The third-order valence-corrected chi connectivity index (χ3v) is 5.66. The minimum atomic E-state index is -0.376. The van der Waals surface area contributed by atoms with Gasteiger partial charge in [0.15, 0.2) is 12.3 Å². The number of primary amides is 1. The number of rotatable bonds is 5. The molecule has 0 spiro atoms. The minimum Gasteiger partial charge on any atom is -0.484 e. The van der Waals surface area contributed by atoms with E-state index in [1.165, 1.54) is 6.26 Å². The number of benzene rings is 1. The van der Waals surface area contributed by atoms with Crippen LogP contribution in [0.15, 0.2) is 28.9 Å². The third-order valence-electron chi connectivity index (χ3n) is 4.71. The Balaban J connectivity index is 1.39. The molecule has 146 valence electrons. The molecule has 2 amide bonds. The standard InChI is InChI=1S/C19H20N4O4S/c1-11-21-14-7-13(4-5-16(14)28-11)26-10-17-22-15(9-27-17)19(25)23-6-2-3-12(8-23)18(20)24/h4-5,7,9,12H,2-3,6,8,10H2,1H3,(H2,20,24)/t12-/m1/s1. The highest BCUT2D eigenvalue weighted by atomic mass is 32.1. The van der Waals surface area contributed by atoms with Gasteiger partial charge in [0, 0.05) is 19.2 Å². The van der Waals surface area contributed by atoms with Crippen LogP contribution in [0.25, 0.3) is 10.2 Å². The Morgan fingerprint density at radius 2 is 2.25 bits per heavy atom. The number of hydrogen-bond acceptors (Lipinski definition) is 7. The lowest BCUT2D eigenvalue weighted by Gasteiger charge is -2.30. The minimum absolute atomic E-state index is 0.103. The summed E-state index contributed by atoms with van der Waals surface area (Å²) in [5.74, 6) is 0.0154. The number of piperidine rings is 1. The van der Waals surface area contributed by atoms with E-state index in [-0.39, 0.29) is 30.0 Å². The van der Waals surface area contributed by atoms with Crippen molar-refractivity contribution >= 4 is 33.4 Å². The molecule has 1 atom stereocenters. The van der Waals surface area contributed by atoms with Crippen molar-refractivity contribution < 1.29 is 18.7 Å². The van der Waals surface area contributed by atoms with E-state index in [2.05, 4.69) is 9.97 Å². The third kappa shape index (κ3) is 3.84. The Morgan fingerprint density at radius 3 is 3.07 bits per heavy atom. The number of amides is 2. The number of aryl methyl sites for hydroxylation is 1. The van der Waals surface area contributed by atoms with Gasteiger partial charge in [-0.3, -0.25) is 9.59 Å². The highest BCUT2D eigenvalue weighted by Crippen LogP contribution is 2.26. The molecule has 3 heterocycles. The summed E-state index contributed by atoms with van der Waals surface area (Å²) < 4.78 is 12.2. The second-order valence-corrected chi connectivity index (χ2v) is 8.01. The molecule has 1 aliphatic heterocycles. The monoisotopic (exact) mass is 400 g/mol. The lowest BCUT2D eigenvalue weighted by atomic mass is 9.97. The number of nitrogens with two attached hydrogens (primary N) is 1. The summed E-state index contributed by atoms with van der Waals surface area (Å²) in [6.07, 6.45) is 2.77. The maximum absolute atomic E-state index is 12.6. The van der Waals surface area contributed by atoms with E-state index in [1.807, 2.05) is 25.1 Å². The number of aromatic nitrogens is 2. The van der Waals surface area contributed by atoms with Gasteiger partial charge in [-0.05, 0) is 31.9 Å². The largest absolute Gasteiger partial charge is 0.484 e. The summed E-state index contributed by atoms with van der Waals surface area (Å²) in [7, 11) is 0. The molecule has 0 radical (unpaired) electrons. The maximum Gasteiger partial charge on any atom is 0.275 e. The topological polar surface area (TPSA) is 112 Å². The van der Waals surface area contributed by atoms with E-state index in [0.717, 1.165) is 21.6 Å². The average Bonchev–Trinajstić information content (AvgIpc) is 3.31. The normalized spacial score (nSPS) is 17.0. The van der Waals surface area contributed by atoms with Gasteiger partial charge in [0.25, 0.3) is 5.91 Å². The quantitative estimate of drug-likeness (QED) is 0.704. The molecule has 0 aliphatic carbocycles. The van der Waals surface area contributed by atoms with Gasteiger partial charge >= 0.3 is 0 Å². The molecule has 9 heteroatoms. The van der Waals surface area contributed by atoms with E-state index < -0.39 is 0 Å². The molecule has 2 aromatic heterocycles. The number of hydrogen-bond donors (Lipinski definition) is 1. The molecule has 4 rings (SSSR count). The summed E-state index contributed by atoms with van der Waals surface area (Å²) in [6.45, 7) is 2.96. The van der Waals surface area contributed by atoms with E-state index in [1.54, 1.807) is 16.2 Å². The first-order valence-corrected chi connectivity index (χ1v) is 9.84. The number of thiazole rings is 1. The smallest absolute Gasteiger partial charge is 0.275 e. The zero-order chi connectivity index (χ0) is 19.7. The van der Waals surface area contributed by atoms with Crippen molar-refractivity contribution in [2.75, 3.05) is 13.1 Å². The molecular weight excluding hydrogens is 380 g/mol. The molecule has 2 N–H and O–H groups in total. The first-order valence-electron chi connectivity index (χ1n) is 9.02. The summed E-state index contributed by atoms with van der Waals surface area (Å²) >= 11 is 1.63. The molecular formula is C19H20N4O4S. The Kier molecular flexibility index (Phi) is 4.99. The summed E-state index contributed by atoms with van der Waals surface area (Å²) in [5, 5.41) is 0.999. The Morgan fingerprint density at radius 1 is 1.39 bits per heavy atom. The molecule has 1 fully saturated rings. The number of carbonyl (C=O) groups excluding carboxylic acids is 2. The Labute approximate surface area is 165 Å². The van der Waals surface area contributed by atoms with E-state index in [0.29, 0.717) is 31.2 Å². The predicted molar refractivity (Wildman–Crippen MR) is 103 cm³/mol. The van der Waals surface area contributed by atoms with Crippen LogP contribution in [0.3, 0.4) is 0 Å². The molecule has 0 saturated carbocycles. The van der Waals surface area contributed by atoms with Gasteiger partial charge in [-0.1, -0.05) is 0 Å². The molecule has 0 bridgehead atoms. The van der Waals surface area contributed by atoms with Gasteiger partial charge < -0.3 is 19.8 Å². The second-order valence-electron chi connectivity index (χ2n) is 6.77. The highest BCUT2D eigenvalue weighted by molar-refractivity contribution is 7.18. The van der Waals surface area contributed by atoms with Crippen molar-refractivity contribution in [1.29, 1.82) is 0 Å². The molecule has 0 unspecified atom stereocenters. The average molecular weight is 400 g/mol. The lowest BCUT2D eigenvalue weighted by Crippen LogP contribution is -2.44. The van der Waals surface area contributed by atoms with Crippen LogP contribution in [0, 0.1) is 12.8 Å². The fraction of sp³-hybridized carbons (Fsp3) is 0.368. The van der Waals surface area contributed by atoms with E-state index in [4.69, 9.17) is 14.9 Å². The van der Waals surface area contributed by atoms with Crippen LogP contribution >= 0.6 is 11.3 Å². The first-order chi connectivity index (χ1) is 13.5. The first kappa shape index (κ1) is 18.4. The van der Waals surface area contributed by atoms with Gasteiger partial charge in [0.05, 0.1) is 21.1 Å². The van der Waals surface area contributed by atoms with Crippen LogP contribution in [0.5, 0.6) is 5.75 Å². The van der Waals surface area contributed by atoms with Crippen LogP contribution in [-0.4, -0.2) is 39.8 Å². The second kappa shape index (κ2) is 7.59. The molecule has 28 heavy (non-hydrogen) atoms. The summed E-state index contributed by atoms with van der Waals surface area (Å²) in [5.41, 5.74) is 6.46. The number of nitrogens with zero attached hydrogens (tertiary/aromatic N) is 3. The predicted octanol–water partition coefficient (Wildman–Crippen LogP) is 2.51. The number of likely N-dealkylation sites (tertiary alicyclic amines) is 1. The van der Waals surface area contributed by atoms with Gasteiger partial charge in [0.2, 0.25) is 11.8 Å². The van der Waals surface area contributed by atoms with Crippen molar-refractivity contribution in [2.45, 2.75) is 26.4 Å². The van der Waals surface area contributed by atoms with Gasteiger partial charge in [-0.2, -0.15) is 0 Å². The van der Waals surface area contributed by atoms with Crippen molar-refractivity contribution in [3.8, 4) is 5.75 Å². The lowest BCUT2D eigenvalue weighted by molar-refractivity contribution is -0.123. The van der Waals surface area contributed by atoms with Crippen molar-refractivity contribution in [2.24, 2.45) is 11.7 Å². The number of ether oxygens (including phenoxy) is 1. The maximum atomic E-state index is 12.6. The number of fused-ring (bicyclic) bond motifs is 1. The number of oxazole rings is 1. The SMILES string of the molecule is Cc1nc2cc(OCc3nc(C(=O)N4CCC[C@@H](C(N)=O)C4)co3)ccc2s1. The summed E-state index contributed by atoms with van der Waals surface area (Å²) in [4.78, 5) is 34.3. The van der Waals surface area contributed by atoms with Crippen molar-refractivity contribution in [1.82, 2.24) is 14.9 Å². The Bertz CT molecular complexity index is 1030. The fourth-order valence-corrected chi connectivity index (χ4v) is 4.10. The highest BCUT2D eigenvalue weighted by Gasteiger charge is 2.29. The van der Waals surface area contributed by atoms with Crippen molar-refractivity contribution in [3.63, 3.8) is 0 Å². The fourth-order valence-electron chi connectivity index (χ4n) is 3.29. The zero-order valence-electron chi connectivity index (χ0n) is 15.4. The molecule has 8 nitrogen and oxygen atoms in total. The van der Waals surface area contributed by atoms with Gasteiger partial charge in [-0.15, -0.1) is 11.3 Å². The molecule has 1 aliphatic rings. The van der Waals surface area contributed by atoms with Gasteiger partial charge in [0.1, 0.15) is 12.0 Å². The summed E-state index contributed by atoms with van der Waals surface area (Å²) in [6, 6.07) is 5.70. The Hall–Kier alpha value is -2.94. The van der Waals surface area contributed by atoms with Crippen LogP contribution in [0.1, 0.15) is 34.2 Å². The van der Waals surface area contributed by atoms with Crippen LogP contribution in [0.2, 0.25) is 0 Å². The van der Waals surface area contributed by atoms with E-state index in [9.17, 15) is 9.59 Å². The van der Waals surface area contributed by atoms with Crippen LogP contribution in [0.4, 0.5) is 0 Å². The molecule has 3 aromatic rings. The van der Waals surface area contributed by atoms with Crippen LogP contribution in [-0.2, 0) is 11.4 Å². The zero-order valence-corrected chi connectivity index (χ0v) is 16.2. The number of carbonyl (C=O) groups is 2.